The Morgan fingerprint density at radius 2 is 2.00 bits per heavy atom. The molecule has 15 heavy (non-hydrogen) atoms. The molecule has 1 rings (SSSR count). The molecule has 1 aromatic rings. The first-order valence-corrected chi connectivity index (χ1v) is 5.97. The van der Waals surface area contributed by atoms with Gasteiger partial charge in [0.05, 0.1) is 0 Å². The standard InChI is InChI=1S/C13H13BrO/c1-11(15)10-13-7-5-12(6-8-13)4-2-3-9-14/h5-8H,3,9-10H2,1H3. The highest BCUT2D eigenvalue weighted by Crippen LogP contribution is 2.04. The predicted octanol–water partition coefficient (Wildman–Crippen LogP) is 2.95. The third kappa shape index (κ3) is 4.80. The van der Waals surface area contributed by atoms with Crippen LogP contribution < -0.4 is 0 Å². The summed E-state index contributed by atoms with van der Waals surface area (Å²) < 4.78 is 0. The van der Waals surface area contributed by atoms with Crippen molar-refractivity contribution in [1.82, 2.24) is 0 Å². The summed E-state index contributed by atoms with van der Waals surface area (Å²) in [6.07, 6.45) is 1.37. The lowest BCUT2D eigenvalue weighted by Crippen LogP contribution is -1.95. The Balaban J connectivity index is 2.65. The van der Waals surface area contributed by atoms with Crippen LogP contribution in [0.2, 0.25) is 0 Å². The molecule has 0 saturated carbocycles. The predicted molar refractivity (Wildman–Crippen MR) is 66.1 cm³/mol. The molecule has 0 bridgehead atoms. The smallest absolute Gasteiger partial charge is 0.134 e. The molecule has 2 heteroatoms. The molecule has 0 aliphatic carbocycles. The second-order valence-corrected chi connectivity index (χ2v) is 4.11. The molecular weight excluding hydrogens is 252 g/mol. The third-order valence-corrected chi connectivity index (χ3v) is 2.26. The molecule has 0 heterocycles. The van der Waals surface area contributed by atoms with E-state index >= 15 is 0 Å². The normalized spacial score (nSPS) is 9.20. The van der Waals surface area contributed by atoms with E-state index in [1.807, 2.05) is 24.3 Å². The number of Topliss-reactive ketones (excluding diaryl/α,β-unsaturated/α-hetero) is 1. The molecular formula is C13H13BrO. The van der Waals surface area contributed by atoms with Crippen molar-refractivity contribution in [2.75, 3.05) is 5.33 Å². The zero-order valence-electron chi connectivity index (χ0n) is 8.72. The van der Waals surface area contributed by atoms with E-state index in [9.17, 15) is 4.79 Å². The molecule has 0 amide bonds. The largest absolute Gasteiger partial charge is 0.300 e. The van der Waals surface area contributed by atoms with Crippen LogP contribution in [0.3, 0.4) is 0 Å². The number of hydrogen-bond acceptors (Lipinski definition) is 1. The number of halogens is 1. The fourth-order valence-electron chi connectivity index (χ4n) is 1.21. The number of benzene rings is 1. The van der Waals surface area contributed by atoms with Gasteiger partial charge in [0.25, 0.3) is 0 Å². The summed E-state index contributed by atoms with van der Waals surface area (Å²) in [6.45, 7) is 1.60. The molecule has 0 atom stereocenters. The van der Waals surface area contributed by atoms with Gasteiger partial charge in [0, 0.05) is 23.7 Å². The van der Waals surface area contributed by atoms with E-state index in [2.05, 4.69) is 27.8 Å². The fraction of sp³-hybridized carbons (Fsp3) is 0.308. The first-order valence-electron chi connectivity index (χ1n) is 4.85. The first-order chi connectivity index (χ1) is 7.22. The van der Waals surface area contributed by atoms with Crippen molar-refractivity contribution in [3.63, 3.8) is 0 Å². The number of carbonyl (C=O) groups excluding carboxylic acids is 1. The highest BCUT2D eigenvalue weighted by atomic mass is 79.9. The summed E-state index contributed by atoms with van der Waals surface area (Å²) in [5, 5.41) is 0.905. The van der Waals surface area contributed by atoms with Crippen LogP contribution in [-0.2, 0) is 11.2 Å². The highest BCUT2D eigenvalue weighted by molar-refractivity contribution is 9.09. The summed E-state index contributed by atoms with van der Waals surface area (Å²) in [6, 6.07) is 7.83. The molecule has 0 fully saturated rings. The molecule has 1 aromatic carbocycles. The second kappa shape index (κ2) is 6.42. The third-order valence-electron chi connectivity index (χ3n) is 1.86. The van der Waals surface area contributed by atoms with Crippen molar-refractivity contribution in [1.29, 1.82) is 0 Å². The van der Waals surface area contributed by atoms with Gasteiger partial charge in [-0.25, -0.2) is 0 Å². The Kier molecular flexibility index (Phi) is 5.14. The monoisotopic (exact) mass is 264 g/mol. The molecule has 0 N–H and O–H groups in total. The minimum Gasteiger partial charge on any atom is -0.300 e. The van der Waals surface area contributed by atoms with Gasteiger partial charge in [-0.1, -0.05) is 39.9 Å². The van der Waals surface area contributed by atoms with Gasteiger partial charge in [-0.15, -0.1) is 0 Å². The quantitative estimate of drug-likeness (QED) is 0.606. The minimum absolute atomic E-state index is 0.188. The van der Waals surface area contributed by atoms with Gasteiger partial charge in [0.15, 0.2) is 0 Å². The van der Waals surface area contributed by atoms with Crippen molar-refractivity contribution in [3.8, 4) is 11.8 Å². The first kappa shape index (κ1) is 12.0. The van der Waals surface area contributed by atoms with E-state index in [4.69, 9.17) is 0 Å². The summed E-state index contributed by atoms with van der Waals surface area (Å²) in [7, 11) is 0. The molecule has 0 aromatic heterocycles. The highest BCUT2D eigenvalue weighted by Gasteiger charge is 1.96. The number of rotatable bonds is 3. The number of ketones is 1. The van der Waals surface area contributed by atoms with Gasteiger partial charge in [-0.2, -0.15) is 0 Å². The van der Waals surface area contributed by atoms with Crippen LogP contribution in [0.1, 0.15) is 24.5 Å². The van der Waals surface area contributed by atoms with E-state index in [-0.39, 0.29) is 5.78 Å². The maximum Gasteiger partial charge on any atom is 0.134 e. The molecule has 0 spiro atoms. The van der Waals surface area contributed by atoms with E-state index in [1.54, 1.807) is 6.92 Å². The second-order valence-electron chi connectivity index (χ2n) is 3.32. The van der Waals surface area contributed by atoms with Crippen LogP contribution in [0.15, 0.2) is 24.3 Å². The van der Waals surface area contributed by atoms with Crippen molar-refractivity contribution in [3.05, 3.63) is 35.4 Å². The van der Waals surface area contributed by atoms with Gasteiger partial charge >= 0.3 is 0 Å². The van der Waals surface area contributed by atoms with E-state index in [0.29, 0.717) is 6.42 Å². The summed E-state index contributed by atoms with van der Waals surface area (Å²) in [4.78, 5) is 10.9. The van der Waals surface area contributed by atoms with Crippen LogP contribution in [0.5, 0.6) is 0 Å². The molecule has 78 valence electrons. The van der Waals surface area contributed by atoms with Gasteiger partial charge in [-0.3, -0.25) is 4.79 Å². The Hall–Kier alpha value is -1.07. The van der Waals surface area contributed by atoms with Crippen LogP contribution in [0, 0.1) is 11.8 Å². The average Bonchev–Trinajstić information content (AvgIpc) is 2.20. The Labute approximate surface area is 99.0 Å². The van der Waals surface area contributed by atoms with Gasteiger partial charge in [0.2, 0.25) is 0 Å². The Morgan fingerprint density at radius 1 is 1.33 bits per heavy atom. The molecule has 0 saturated heterocycles. The van der Waals surface area contributed by atoms with Crippen molar-refractivity contribution in [2.45, 2.75) is 19.8 Å². The summed E-state index contributed by atoms with van der Waals surface area (Å²) >= 11 is 3.32. The molecule has 0 radical (unpaired) electrons. The maximum absolute atomic E-state index is 10.9. The lowest BCUT2D eigenvalue weighted by molar-refractivity contribution is -0.116. The van der Waals surface area contributed by atoms with Crippen LogP contribution in [0.4, 0.5) is 0 Å². The fourth-order valence-corrected chi connectivity index (χ4v) is 1.40. The number of alkyl halides is 1. The van der Waals surface area contributed by atoms with Gasteiger partial charge < -0.3 is 0 Å². The summed E-state index contributed by atoms with van der Waals surface area (Å²) in [5.41, 5.74) is 2.05. The lowest BCUT2D eigenvalue weighted by atomic mass is 10.1. The van der Waals surface area contributed by atoms with Crippen molar-refractivity contribution in [2.24, 2.45) is 0 Å². The zero-order valence-corrected chi connectivity index (χ0v) is 10.3. The zero-order chi connectivity index (χ0) is 11.1. The Bertz CT molecular complexity index is 381. The van der Waals surface area contributed by atoms with E-state index < -0.39 is 0 Å². The molecule has 0 aliphatic rings. The van der Waals surface area contributed by atoms with Gasteiger partial charge in [0.1, 0.15) is 5.78 Å². The maximum atomic E-state index is 10.9. The van der Waals surface area contributed by atoms with Crippen LogP contribution >= 0.6 is 15.9 Å². The minimum atomic E-state index is 0.188. The number of hydrogen-bond donors (Lipinski definition) is 0. The van der Waals surface area contributed by atoms with Crippen molar-refractivity contribution >= 4 is 21.7 Å². The molecule has 0 unspecified atom stereocenters. The van der Waals surface area contributed by atoms with Crippen LogP contribution in [0.25, 0.3) is 0 Å². The molecule has 1 nitrogen and oxygen atoms in total. The SMILES string of the molecule is CC(=O)Cc1ccc(C#CCCBr)cc1. The topological polar surface area (TPSA) is 17.1 Å². The van der Waals surface area contributed by atoms with Gasteiger partial charge in [-0.05, 0) is 24.6 Å². The van der Waals surface area contributed by atoms with Crippen molar-refractivity contribution < 1.29 is 4.79 Å². The lowest BCUT2D eigenvalue weighted by Gasteiger charge is -1.97. The van der Waals surface area contributed by atoms with E-state index in [0.717, 1.165) is 22.9 Å². The number of carbonyl (C=O) groups is 1. The van der Waals surface area contributed by atoms with E-state index in [1.165, 1.54) is 0 Å². The van der Waals surface area contributed by atoms with Crippen LogP contribution in [-0.4, -0.2) is 11.1 Å². The molecule has 0 aliphatic heterocycles. The summed E-state index contributed by atoms with van der Waals surface area (Å²) in [5.74, 6) is 6.30. The Morgan fingerprint density at radius 3 is 2.53 bits per heavy atom. The average molecular weight is 265 g/mol.